The molecule has 0 aromatic heterocycles. The molecule has 0 spiro atoms. The van der Waals surface area contributed by atoms with Gasteiger partial charge in [0.2, 0.25) is 0 Å². The van der Waals surface area contributed by atoms with Gasteiger partial charge in [0.1, 0.15) is 5.82 Å². The number of amidine groups is 1. The maximum atomic E-state index is 13.2. The maximum absolute atomic E-state index is 13.2. The zero-order valence-corrected chi connectivity index (χ0v) is 11.6. The van der Waals surface area contributed by atoms with Crippen LogP contribution in [0.5, 0.6) is 0 Å². The van der Waals surface area contributed by atoms with Gasteiger partial charge in [0.15, 0.2) is 5.84 Å². The first-order chi connectivity index (χ1) is 8.93. The van der Waals surface area contributed by atoms with Crippen molar-refractivity contribution in [3.8, 4) is 0 Å². The van der Waals surface area contributed by atoms with Gasteiger partial charge in [0.25, 0.3) is 0 Å². The Bertz CT molecular complexity index is 448. The average Bonchev–Trinajstić information content (AvgIpc) is 2.37. The number of benzene rings is 1. The second-order valence-corrected chi connectivity index (χ2v) is 4.83. The van der Waals surface area contributed by atoms with Crippen molar-refractivity contribution in [3.63, 3.8) is 0 Å². The molecule has 0 aliphatic rings. The van der Waals surface area contributed by atoms with Crippen LogP contribution in [-0.4, -0.2) is 55.1 Å². The van der Waals surface area contributed by atoms with Gasteiger partial charge in [-0.25, -0.2) is 4.39 Å². The summed E-state index contributed by atoms with van der Waals surface area (Å²) in [5, 5.41) is 11.7. The van der Waals surface area contributed by atoms with E-state index in [9.17, 15) is 4.39 Å². The van der Waals surface area contributed by atoms with Crippen LogP contribution < -0.4 is 5.73 Å². The Labute approximate surface area is 113 Å². The molecule has 3 N–H and O–H groups in total. The molecule has 0 bridgehead atoms. The van der Waals surface area contributed by atoms with Gasteiger partial charge in [-0.15, -0.1) is 0 Å². The van der Waals surface area contributed by atoms with Gasteiger partial charge in [-0.1, -0.05) is 11.2 Å². The van der Waals surface area contributed by atoms with Crippen molar-refractivity contribution in [1.29, 1.82) is 0 Å². The number of oxime groups is 1. The molecule has 106 valence electrons. The van der Waals surface area contributed by atoms with Crippen LogP contribution in [0.4, 0.5) is 4.39 Å². The molecule has 0 aliphatic carbocycles. The number of hydrogen-bond donors (Lipinski definition) is 2. The molecule has 19 heavy (non-hydrogen) atoms. The zero-order chi connectivity index (χ0) is 14.4. The number of hydrogen-bond acceptors (Lipinski definition) is 4. The quantitative estimate of drug-likeness (QED) is 0.348. The van der Waals surface area contributed by atoms with Gasteiger partial charge in [-0.3, -0.25) is 0 Å². The molecule has 0 saturated heterocycles. The van der Waals surface area contributed by atoms with Crippen molar-refractivity contribution in [1.82, 2.24) is 9.80 Å². The van der Waals surface area contributed by atoms with Crippen LogP contribution in [0, 0.1) is 5.82 Å². The SMILES string of the molecule is CN(C)CCN(C)Cc1ccc(F)cc1/C(N)=N/O. The van der Waals surface area contributed by atoms with Gasteiger partial charge in [-0.2, -0.15) is 0 Å². The first-order valence-corrected chi connectivity index (χ1v) is 6.03. The van der Waals surface area contributed by atoms with E-state index in [1.54, 1.807) is 6.07 Å². The van der Waals surface area contributed by atoms with Crippen LogP contribution in [0.1, 0.15) is 11.1 Å². The lowest BCUT2D eigenvalue weighted by molar-refractivity contribution is 0.276. The first-order valence-electron chi connectivity index (χ1n) is 6.03. The van der Waals surface area contributed by atoms with Crippen molar-refractivity contribution in [2.24, 2.45) is 10.9 Å². The number of nitrogens with zero attached hydrogens (tertiary/aromatic N) is 3. The molecule has 1 aromatic rings. The number of nitrogens with two attached hydrogens (primary N) is 1. The van der Waals surface area contributed by atoms with Gasteiger partial charge in [0, 0.05) is 25.2 Å². The highest BCUT2D eigenvalue weighted by Crippen LogP contribution is 2.13. The molecule has 6 heteroatoms. The lowest BCUT2D eigenvalue weighted by Crippen LogP contribution is -2.29. The van der Waals surface area contributed by atoms with Gasteiger partial charge in [-0.05, 0) is 38.8 Å². The molecule has 1 aromatic carbocycles. The fourth-order valence-electron chi connectivity index (χ4n) is 1.72. The smallest absolute Gasteiger partial charge is 0.170 e. The highest BCUT2D eigenvalue weighted by molar-refractivity contribution is 5.98. The largest absolute Gasteiger partial charge is 0.409 e. The third-order valence-electron chi connectivity index (χ3n) is 2.82. The fourth-order valence-corrected chi connectivity index (χ4v) is 1.72. The van der Waals surface area contributed by atoms with Gasteiger partial charge in [0.05, 0.1) is 0 Å². The number of likely N-dealkylation sites (N-methyl/N-ethyl adjacent to an activating group) is 2. The van der Waals surface area contributed by atoms with E-state index in [-0.39, 0.29) is 5.84 Å². The minimum Gasteiger partial charge on any atom is -0.409 e. The highest BCUT2D eigenvalue weighted by Gasteiger charge is 2.10. The minimum atomic E-state index is -0.402. The van der Waals surface area contributed by atoms with E-state index in [4.69, 9.17) is 10.9 Å². The number of halogens is 1. The maximum Gasteiger partial charge on any atom is 0.170 e. The molecular weight excluding hydrogens is 247 g/mol. The van der Waals surface area contributed by atoms with Crippen LogP contribution in [0.2, 0.25) is 0 Å². The van der Waals surface area contributed by atoms with Crippen molar-refractivity contribution in [2.75, 3.05) is 34.2 Å². The Balaban J connectivity index is 2.83. The third kappa shape index (κ3) is 4.84. The Morgan fingerprint density at radius 2 is 2.00 bits per heavy atom. The Morgan fingerprint density at radius 3 is 2.58 bits per heavy atom. The number of rotatable bonds is 6. The molecule has 0 fully saturated rings. The molecule has 5 nitrogen and oxygen atoms in total. The van der Waals surface area contributed by atoms with Crippen molar-refractivity contribution >= 4 is 5.84 Å². The lowest BCUT2D eigenvalue weighted by atomic mass is 10.1. The molecule has 0 radical (unpaired) electrons. The molecule has 0 saturated carbocycles. The summed E-state index contributed by atoms with van der Waals surface area (Å²) >= 11 is 0. The van der Waals surface area contributed by atoms with Gasteiger partial charge >= 0.3 is 0 Å². The summed E-state index contributed by atoms with van der Waals surface area (Å²) in [4.78, 5) is 4.19. The molecule has 0 atom stereocenters. The van der Waals surface area contributed by atoms with E-state index in [1.165, 1.54) is 12.1 Å². The predicted molar refractivity (Wildman–Crippen MR) is 73.8 cm³/mol. The van der Waals surface area contributed by atoms with E-state index < -0.39 is 5.82 Å². The Kier molecular flexibility index (Phi) is 5.72. The summed E-state index contributed by atoms with van der Waals surface area (Å²) in [5.41, 5.74) is 6.83. The predicted octanol–water partition coefficient (Wildman–Crippen LogP) is 0.914. The summed E-state index contributed by atoms with van der Waals surface area (Å²) < 4.78 is 13.2. The van der Waals surface area contributed by atoms with E-state index in [2.05, 4.69) is 15.0 Å². The standard InChI is InChI=1S/C13H21FN4O/c1-17(2)6-7-18(3)9-10-4-5-11(14)8-12(10)13(15)16-19/h4-5,8,19H,6-7,9H2,1-3H3,(H2,15,16). The lowest BCUT2D eigenvalue weighted by Gasteiger charge is -2.20. The second-order valence-electron chi connectivity index (χ2n) is 4.83. The summed E-state index contributed by atoms with van der Waals surface area (Å²) in [7, 11) is 5.99. The van der Waals surface area contributed by atoms with Crippen LogP contribution in [0.15, 0.2) is 23.4 Å². The third-order valence-corrected chi connectivity index (χ3v) is 2.82. The van der Waals surface area contributed by atoms with Crippen molar-refractivity contribution in [2.45, 2.75) is 6.54 Å². The molecule has 0 aliphatic heterocycles. The fraction of sp³-hybridized carbons (Fsp3) is 0.462. The highest BCUT2D eigenvalue weighted by atomic mass is 19.1. The monoisotopic (exact) mass is 268 g/mol. The van der Waals surface area contributed by atoms with Crippen LogP contribution in [0.3, 0.4) is 0 Å². The Hall–Kier alpha value is -1.66. The Morgan fingerprint density at radius 1 is 1.32 bits per heavy atom. The molecular formula is C13H21FN4O. The molecule has 0 amide bonds. The summed E-state index contributed by atoms with van der Waals surface area (Å²) in [6.45, 7) is 2.41. The topological polar surface area (TPSA) is 65.1 Å². The van der Waals surface area contributed by atoms with E-state index in [0.717, 1.165) is 18.7 Å². The van der Waals surface area contributed by atoms with E-state index in [0.29, 0.717) is 12.1 Å². The van der Waals surface area contributed by atoms with E-state index >= 15 is 0 Å². The zero-order valence-electron chi connectivity index (χ0n) is 11.6. The van der Waals surface area contributed by atoms with Gasteiger partial charge < -0.3 is 20.7 Å². The average molecular weight is 268 g/mol. The van der Waals surface area contributed by atoms with E-state index in [1.807, 2.05) is 21.1 Å². The second kappa shape index (κ2) is 7.06. The summed E-state index contributed by atoms with van der Waals surface area (Å²) in [5.74, 6) is -0.475. The molecule has 0 unspecified atom stereocenters. The molecule has 0 heterocycles. The first kappa shape index (κ1) is 15.4. The van der Waals surface area contributed by atoms with Crippen molar-refractivity contribution in [3.05, 3.63) is 35.1 Å². The van der Waals surface area contributed by atoms with Crippen LogP contribution >= 0.6 is 0 Å². The van der Waals surface area contributed by atoms with Crippen LogP contribution in [0.25, 0.3) is 0 Å². The van der Waals surface area contributed by atoms with Crippen LogP contribution in [-0.2, 0) is 6.54 Å². The summed E-state index contributed by atoms with van der Waals surface area (Å²) in [6.07, 6.45) is 0. The molecule has 1 rings (SSSR count). The minimum absolute atomic E-state index is 0.0736. The normalized spacial score (nSPS) is 12.4. The summed E-state index contributed by atoms with van der Waals surface area (Å²) in [6, 6.07) is 4.32. The van der Waals surface area contributed by atoms with Crippen molar-refractivity contribution < 1.29 is 9.60 Å².